The van der Waals surface area contributed by atoms with Gasteiger partial charge in [-0.3, -0.25) is 4.79 Å². The van der Waals surface area contributed by atoms with E-state index in [0.29, 0.717) is 28.9 Å². The van der Waals surface area contributed by atoms with Crippen LogP contribution in [0.5, 0.6) is 5.75 Å². The number of rotatable bonds is 3. The standard InChI is InChI=1S/C17H13BrO3/c1-2-14-15(12-4-3-5-13(18)17(12)21-14)16(20)10-6-8-11(19)9-7-10/h3-9,19H,2H2,1H3. The van der Waals surface area contributed by atoms with Crippen LogP contribution in [0.25, 0.3) is 11.0 Å². The van der Waals surface area contributed by atoms with Gasteiger partial charge in [0, 0.05) is 17.4 Å². The Kier molecular flexibility index (Phi) is 3.55. The zero-order valence-corrected chi connectivity index (χ0v) is 13.0. The topological polar surface area (TPSA) is 50.4 Å². The minimum absolute atomic E-state index is 0.0938. The highest BCUT2D eigenvalue weighted by atomic mass is 79.9. The van der Waals surface area contributed by atoms with Gasteiger partial charge in [0.2, 0.25) is 0 Å². The first-order chi connectivity index (χ1) is 10.1. The van der Waals surface area contributed by atoms with E-state index in [1.165, 1.54) is 12.1 Å². The third kappa shape index (κ3) is 2.36. The van der Waals surface area contributed by atoms with Crippen LogP contribution in [0.1, 0.15) is 28.6 Å². The van der Waals surface area contributed by atoms with Gasteiger partial charge in [-0.2, -0.15) is 0 Å². The van der Waals surface area contributed by atoms with Crippen LogP contribution in [0, 0.1) is 0 Å². The first-order valence-electron chi connectivity index (χ1n) is 6.65. The number of carbonyl (C=O) groups excluding carboxylic acids is 1. The Morgan fingerprint density at radius 2 is 1.90 bits per heavy atom. The smallest absolute Gasteiger partial charge is 0.197 e. The maximum atomic E-state index is 12.8. The number of phenols is 1. The van der Waals surface area contributed by atoms with Gasteiger partial charge in [-0.15, -0.1) is 0 Å². The summed E-state index contributed by atoms with van der Waals surface area (Å²) in [6.07, 6.45) is 0.639. The van der Waals surface area contributed by atoms with Crippen molar-refractivity contribution in [1.82, 2.24) is 0 Å². The number of para-hydroxylation sites is 1. The molecule has 0 aliphatic heterocycles. The Labute approximate surface area is 130 Å². The van der Waals surface area contributed by atoms with E-state index in [2.05, 4.69) is 15.9 Å². The Bertz CT molecular complexity index is 816. The summed E-state index contributed by atoms with van der Waals surface area (Å²) in [6, 6.07) is 11.9. The second-order valence-electron chi connectivity index (χ2n) is 4.75. The van der Waals surface area contributed by atoms with Gasteiger partial charge >= 0.3 is 0 Å². The maximum absolute atomic E-state index is 12.8. The van der Waals surface area contributed by atoms with E-state index in [-0.39, 0.29) is 11.5 Å². The quantitative estimate of drug-likeness (QED) is 0.701. The van der Waals surface area contributed by atoms with Crippen LogP contribution in [0.4, 0.5) is 0 Å². The molecule has 0 saturated heterocycles. The van der Waals surface area contributed by atoms with E-state index >= 15 is 0 Å². The van der Waals surface area contributed by atoms with E-state index in [1.54, 1.807) is 12.1 Å². The number of aryl methyl sites for hydroxylation is 1. The number of fused-ring (bicyclic) bond motifs is 1. The average molecular weight is 345 g/mol. The van der Waals surface area contributed by atoms with E-state index in [4.69, 9.17) is 4.42 Å². The summed E-state index contributed by atoms with van der Waals surface area (Å²) in [7, 11) is 0. The maximum Gasteiger partial charge on any atom is 0.197 e. The predicted molar refractivity (Wildman–Crippen MR) is 84.8 cm³/mol. The fourth-order valence-corrected chi connectivity index (χ4v) is 2.84. The lowest BCUT2D eigenvalue weighted by atomic mass is 9.99. The summed E-state index contributed by atoms with van der Waals surface area (Å²) in [4.78, 5) is 12.8. The largest absolute Gasteiger partial charge is 0.508 e. The lowest BCUT2D eigenvalue weighted by molar-refractivity contribution is 0.103. The van der Waals surface area contributed by atoms with Crippen LogP contribution in [0.15, 0.2) is 51.4 Å². The van der Waals surface area contributed by atoms with Crippen molar-refractivity contribution < 1.29 is 14.3 Å². The number of aromatic hydroxyl groups is 1. The zero-order valence-electron chi connectivity index (χ0n) is 11.4. The van der Waals surface area contributed by atoms with Gasteiger partial charge in [-0.25, -0.2) is 0 Å². The number of hydrogen-bond donors (Lipinski definition) is 1. The van der Waals surface area contributed by atoms with Crippen molar-refractivity contribution in [3.05, 3.63) is 63.8 Å². The molecule has 3 aromatic rings. The summed E-state index contributed by atoms with van der Waals surface area (Å²) < 4.78 is 6.66. The monoisotopic (exact) mass is 344 g/mol. The molecule has 0 spiro atoms. The molecule has 106 valence electrons. The Balaban J connectivity index is 2.21. The Hall–Kier alpha value is -2.07. The molecule has 4 heteroatoms. The molecule has 3 nitrogen and oxygen atoms in total. The molecular formula is C17H13BrO3. The summed E-state index contributed by atoms with van der Waals surface area (Å²) in [5.74, 6) is 0.723. The molecule has 0 fully saturated rings. The van der Waals surface area contributed by atoms with Crippen LogP contribution in [-0.2, 0) is 6.42 Å². The average Bonchev–Trinajstić information content (AvgIpc) is 2.87. The third-order valence-corrected chi connectivity index (χ3v) is 4.04. The first kappa shape index (κ1) is 13.9. The highest BCUT2D eigenvalue weighted by Gasteiger charge is 2.21. The number of phenolic OH excluding ortho intramolecular Hbond substituents is 1. The Morgan fingerprint density at radius 3 is 2.57 bits per heavy atom. The molecule has 21 heavy (non-hydrogen) atoms. The fraction of sp³-hybridized carbons (Fsp3) is 0.118. The summed E-state index contributed by atoms with van der Waals surface area (Å²) in [5.41, 5.74) is 1.82. The predicted octanol–water partition coefficient (Wildman–Crippen LogP) is 4.69. The molecule has 3 rings (SSSR count). The minimum atomic E-state index is -0.0938. The minimum Gasteiger partial charge on any atom is -0.508 e. The molecule has 0 aliphatic rings. The normalized spacial score (nSPS) is 11.0. The fourth-order valence-electron chi connectivity index (χ4n) is 2.39. The van der Waals surface area contributed by atoms with Gasteiger partial charge in [0.25, 0.3) is 0 Å². The lowest BCUT2D eigenvalue weighted by Crippen LogP contribution is -2.03. The number of ketones is 1. The second kappa shape index (κ2) is 5.37. The summed E-state index contributed by atoms with van der Waals surface area (Å²) >= 11 is 3.45. The molecule has 0 unspecified atom stereocenters. The number of hydrogen-bond acceptors (Lipinski definition) is 3. The van der Waals surface area contributed by atoms with E-state index in [9.17, 15) is 9.90 Å². The van der Waals surface area contributed by atoms with Gasteiger partial charge < -0.3 is 9.52 Å². The molecular weight excluding hydrogens is 332 g/mol. The number of halogens is 1. The molecule has 1 heterocycles. The van der Waals surface area contributed by atoms with Crippen LogP contribution >= 0.6 is 15.9 Å². The molecule has 0 saturated carbocycles. The molecule has 0 radical (unpaired) electrons. The lowest BCUT2D eigenvalue weighted by Gasteiger charge is -2.02. The Morgan fingerprint density at radius 1 is 1.19 bits per heavy atom. The molecule has 2 aromatic carbocycles. The first-order valence-corrected chi connectivity index (χ1v) is 7.44. The van der Waals surface area contributed by atoms with E-state index in [0.717, 1.165) is 9.86 Å². The van der Waals surface area contributed by atoms with Crippen molar-refractivity contribution in [3.8, 4) is 5.75 Å². The molecule has 0 amide bonds. The highest BCUT2D eigenvalue weighted by Crippen LogP contribution is 2.33. The van der Waals surface area contributed by atoms with Crippen LogP contribution in [0.2, 0.25) is 0 Å². The van der Waals surface area contributed by atoms with Crippen molar-refractivity contribution in [3.63, 3.8) is 0 Å². The molecule has 1 N–H and O–H groups in total. The highest BCUT2D eigenvalue weighted by molar-refractivity contribution is 9.10. The van der Waals surface area contributed by atoms with Crippen molar-refractivity contribution >= 4 is 32.7 Å². The SMILES string of the molecule is CCc1oc2c(Br)cccc2c1C(=O)c1ccc(O)cc1. The van der Waals surface area contributed by atoms with E-state index in [1.807, 2.05) is 25.1 Å². The summed E-state index contributed by atoms with van der Waals surface area (Å²) in [6.45, 7) is 1.96. The van der Waals surface area contributed by atoms with Gasteiger partial charge in [-0.1, -0.05) is 19.1 Å². The van der Waals surface area contributed by atoms with Gasteiger partial charge in [-0.05, 0) is 46.3 Å². The number of benzene rings is 2. The van der Waals surface area contributed by atoms with Gasteiger partial charge in [0.1, 0.15) is 17.1 Å². The molecule has 1 aromatic heterocycles. The van der Waals surface area contributed by atoms with Crippen molar-refractivity contribution in [2.75, 3.05) is 0 Å². The molecule has 0 bridgehead atoms. The van der Waals surface area contributed by atoms with Crippen LogP contribution in [0.3, 0.4) is 0 Å². The molecule has 0 aliphatic carbocycles. The number of carbonyl (C=O) groups is 1. The van der Waals surface area contributed by atoms with Gasteiger partial charge in [0.15, 0.2) is 5.78 Å². The van der Waals surface area contributed by atoms with E-state index < -0.39 is 0 Å². The van der Waals surface area contributed by atoms with Gasteiger partial charge in [0.05, 0.1) is 10.0 Å². The van der Waals surface area contributed by atoms with Crippen molar-refractivity contribution in [1.29, 1.82) is 0 Å². The number of furan rings is 1. The van der Waals surface area contributed by atoms with Crippen molar-refractivity contribution in [2.24, 2.45) is 0 Å². The zero-order chi connectivity index (χ0) is 15.0. The summed E-state index contributed by atoms with van der Waals surface area (Å²) in [5, 5.41) is 10.1. The van der Waals surface area contributed by atoms with Crippen LogP contribution in [-0.4, -0.2) is 10.9 Å². The third-order valence-electron chi connectivity index (χ3n) is 3.42. The second-order valence-corrected chi connectivity index (χ2v) is 5.60. The molecule has 0 atom stereocenters. The van der Waals surface area contributed by atoms with Crippen molar-refractivity contribution in [2.45, 2.75) is 13.3 Å². The van der Waals surface area contributed by atoms with Crippen LogP contribution < -0.4 is 0 Å².